The lowest BCUT2D eigenvalue weighted by molar-refractivity contribution is -0.141. The molecule has 0 spiro atoms. The third-order valence-electron chi connectivity index (χ3n) is 3.21. The van der Waals surface area contributed by atoms with E-state index in [9.17, 15) is 14.4 Å². The highest BCUT2D eigenvalue weighted by Gasteiger charge is 2.11. The molecule has 7 heteroatoms. The first-order valence-corrected chi connectivity index (χ1v) is 6.73. The van der Waals surface area contributed by atoms with Crippen molar-refractivity contribution in [2.45, 2.75) is 19.5 Å². The third kappa shape index (κ3) is 3.63. The average Bonchev–Trinajstić information content (AvgIpc) is 2.51. The molecule has 2 N–H and O–H groups in total. The highest BCUT2D eigenvalue weighted by Crippen LogP contribution is 2.15. The van der Waals surface area contributed by atoms with Gasteiger partial charge < -0.3 is 10.1 Å². The Morgan fingerprint density at radius 1 is 1.32 bits per heavy atom. The van der Waals surface area contributed by atoms with Gasteiger partial charge in [0.25, 0.3) is 5.56 Å². The normalized spacial score (nSPS) is 11.7. The number of aromatic nitrogens is 2. The first-order chi connectivity index (χ1) is 10.5. The van der Waals surface area contributed by atoms with Crippen LogP contribution in [0.4, 0.5) is 5.82 Å². The fourth-order valence-corrected chi connectivity index (χ4v) is 2.00. The fourth-order valence-electron chi connectivity index (χ4n) is 2.00. The number of rotatable bonds is 5. The van der Waals surface area contributed by atoms with Crippen LogP contribution in [0.25, 0.3) is 0 Å². The lowest BCUT2D eigenvalue weighted by Crippen LogP contribution is -2.37. The summed E-state index contributed by atoms with van der Waals surface area (Å²) >= 11 is 0. The summed E-state index contributed by atoms with van der Waals surface area (Å²) < 4.78 is 5.23. The maximum Gasteiger partial charge on any atom is 0.330 e. The van der Waals surface area contributed by atoms with Crippen LogP contribution < -0.4 is 16.6 Å². The first kappa shape index (κ1) is 15.6. The summed E-state index contributed by atoms with van der Waals surface area (Å²) in [6, 6.07) is 10.8. The van der Waals surface area contributed by atoms with Crippen molar-refractivity contribution in [3.05, 3.63) is 62.8 Å². The highest BCUT2D eigenvalue weighted by molar-refractivity contribution is 5.68. The molecule has 1 unspecified atom stereocenters. The van der Waals surface area contributed by atoms with Gasteiger partial charge in [-0.05, 0) is 12.5 Å². The number of nitrogens with one attached hydrogen (secondary N) is 2. The molecule has 22 heavy (non-hydrogen) atoms. The molecule has 0 fully saturated rings. The molecule has 0 radical (unpaired) electrons. The van der Waals surface area contributed by atoms with Gasteiger partial charge in [-0.25, -0.2) is 9.36 Å². The van der Waals surface area contributed by atoms with E-state index in [4.69, 9.17) is 0 Å². The molecule has 0 aliphatic rings. The lowest BCUT2D eigenvalue weighted by Gasteiger charge is -2.15. The average molecular weight is 303 g/mol. The van der Waals surface area contributed by atoms with Crippen molar-refractivity contribution >= 4 is 11.8 Å². The number of benzene rings is 1. The van der Waals surface area contributed by atoms with Crippen LogP contribution in [0.15, 0.2) is 46.0 Å². The topological polar surface area (TPSA) is 93.2 Å². The van der Waals surface area contributed by atoms with Crippen LogP contribution in [-0.2, 0) is 16.1 Å². The number of hydrogen-bond acceptors (Lipinski definition) is 5. The first-order valence-electron chi connectivity index (χ1n) is 6.73. The van der Waals surface area contributed by atoms with Crippen LogP contribution >= 0.6 is 0 Å². The van der Waals surface area contributed by atoms with Crippen molar-refractivity contribution in [1.29, 1.82) is 0 Å². The van der Waals surface area contributed by atoms with E-state index >= 15 is 0 Å². The second-order valence-electron chi connectivity index (χ2n) is 4.77. The Hall–Kier alpha value is -2.83. The van der Waals surface area contributed by atoms with E-state index in [-0.39, 0.29) is 6.04 Å². The molecule has 1 aromatic carbocycles. The maximum absolute atomic E-state index is 11.9. The summed E-state index contributed by atoms with van der Waals surface area (Å²) in [7, 11) is 1.19. The predicted molar refractivity (Wildman–Crippen MR) is 81.8 cm³/mol. The Bertz CT molecular complexity index is 733. The van der Waals surface area contributed by atoms with Crippen LogP contribution in [0.1, 0.15) is 18.5 Å². The molecule has 7 nitrogen and oxygen atoms in total. The van der Waals surface area contributed by atoms with Gasteiger partial charge in [0, 0.05) is 12.1 Å². The third-order valence-corrected chi connectivity index (χ3v) is 3.21. The van der Waals surface area contributed by atoms with Crippen LogP contribution in [0.3, 0.4) is 0 Å². The number of hydrogen-bond donors (Lipinski definition) is 2. The largest absolute Gasteiger partial charge is 0.468 e. The molecule has 2 rings (SSSR count). The zero-order valence-electron chi connectivity index (χ0n) is 12.3. The van der Waals surface area contributed by atoms with Gasteiger partial charge in [0.2, 0.25) is 0 Å². The second kappa shape index (κ2) is 6.75. The summed E-state index contributed by atoms with van der Waals surface area (Å²) in [6.45, 7) is 1.49. The second-order valence-corrected chi connectivity index (χ2v) is 4.77. The smallest absolute Gasteiger partial charge is 0.330 e. The van der Waals surface area contributed by atoms with Crippen molar-refractivity contribution in [3.63, 3.8) is 0 Å². The van der Waals surface area contributed by atoms with E-state index in [1.807, 2.05) is 37.3 Å². The number of esters is 1. The maximum atomic E-state index is 11.9. The number of aromatic amines is 1. The molecule has 0 bridgehead atoms. The van der Waals surface area contributed by atoms with E-state index in [0.29, 0.717) is 5.82 Å². The van der Waals surface area contributed by atoms with Gasteiger partial charge in [-0.3, -0.25) is 14.6 Å². The number of carbonyl (C=O) groups excluding carboxylic acids is 1. The zero-order valence-corrected chi connectivity index (χ0v) is 12.3. The number of anilines is 1. The molecule has 0 amide bonds. The van der Waals surface area contributed by atoms with Gasteiger partial charge in [0.1, 0.15) is 12.4 Å². The quantitative estimate of drug-likeness (QED) is 0.800. The van der Waals surface area contributed by atoms with Crippen molar-refractivity contribution in [2.75, 3.05) is 12.4 Å². The lowest BCUT2D eigenvalue weighted by atomic mass is 10.1. The molecule has 0 saturated carbocycles. The van der Waals surface area contributed by atoms with Gasteiger partial charge in [0.15, 0.2) is 0 Å². The molecule has 1 atom stereocenters. The van der Waals surface area contributed by atoms with E-state index in [2.05, 4.69) is 15.0 Å². The van der Waals surface area contributed by atoms with Crippen molar-refractivity contribution in [1.82, 2.24) is 9.55 Å². The summed E-state index contributed by atoms with van der Waals surface area (Å²) in [5.41, 5.74) is -0.223. The van der Waals surface area contributed by atoms with Gasteiger partial charge >= 0.3 is 11.7 Å². The summed E-state index contributed by atoms with van der Waals surface area (Å²) in [6.07, 6.45) is 0. The van der Waals surface area contributed by atoms with Crippen LogP contribution in [0.2, 0.25) is 0 Å². The molecule has 116 valence electrons. The van der Waals surface area contributed by atoms with Crippen molar-refractivity contribution in [2.24, 2.45) is 0 Å². The summed E-state index contributed by atoms with van der Waals surface area (Å²) in [4.78, 5) is 37.5. The molecular weight excluding hydrogens is 286 g/mol. The van der Waals surface area contributed by atoms with E-state index < -0.39 is 23.8 Å². The Balaban J connectivity index is 2.22. The van der Waals surface area contributed by atoms with E-state index in [1.54, 1.807) is 0 Å². The molecule has 0 saturated heterocycles. The van der Waals surface area contributed by atoms with Gasteiger partial charge in [-0.1, -0.05) is 30.3 Å². The Morgan fingerprint density at radius 3 is 2.59 bits per heavy atom. The number of carbonyl (C=O) groups is 1. The number of methoxy groups -OCH3 is 1. The monoisotopic (exact) mass is 303 g/mol. The zero-order chi connectivity index (χ0) is 16.1. The van der Waals surface area contributed by atoms with E-state index in [0.717, 1.165) is 10.1 Å². The minimum absolute atomic E-state index is 0.0901. The Labute approximate surface area is 126 Å². The molecule has 2 aromatic rings. The van der Waals surface area contributed by atoms with E-state index in [1.165, 1.54) is 13.2 Å². The highest BCUT2D eigenvalue weighted by atomic mass is 16.5. The molecule has 0 aliphatic carbocycles. The fraction of sp³-hybridized carbons (Fsp3) is 0.267. The summed E-state index contributed by atoms with van der Waals surface area (Å²) in [5, 5.41) is 3.05. The number of ether oxygens (including phenoxy) is 1. The molecule has 1 aromatic heterocycles. The van der Waals surface area contributed by atoms with Crippen LogP contribution in [0.5, 0.6) is 0 Å². The Morgan fingerprint density at radius 2 is 2.00 bits per heavy atom. The SMILES string of the molecule is COC(=O)Cn1c(=O)cc(NC(C)c2ccccc2)[nH]c1=O. The standard InChI is InChI=1S/C15H17N3O4/c1-10(11-6-4-3-5-7-11)16-12-8-13(19)18(15(21)17-12)9-14(20)22-2/h3-8,10,16H,9H2,1-2H3,(H,17,21). The van der Waals surface area contributed by atoms with Gasteiger partial charge in [-0.2, -0.15) is 0 Å². The van der Waals surface area contributed by atoms with Crippen LogP contribution in [0, 0.1) is 0 Å². The number of H-pyrrole nitrogens is 1. The van der Waals surface area contributed by atoms with Crippen molar-refractivity contribution < 1.29 is 9.53 Å². The molecule has 1 heterocycles. The minimum Gasteiger partial charge on any atom is -0.468 e. The molecule has 0 aliphatic heterocycles. The Kier molecular flexibility index (Phi) is 4.77. The van der Waals surface area contributed by atoms with Crippen LogP contribution in [-0.4, -0.2) is 22.6 Å². The molecular formula is C15H17N3O4. The minimum atomic E-state index is -0.666. The predicted octanol–water partition coefficient (Wildman–Crippen LogP) is 0.883. The van der Waals surface area contributed by atoms with Crippen molar-refractivity contribution in [3.8, 4) is 0 Å². The number of nitrogens with zero attached hydrogens (tertiary/aromatic N) is 1. The van der Waals surface area contributed by atoms with Gasteiger partial charge in [0.05, 0.1) is 7.11 Å². The summed E-state index contributed by atoms with van der Waals surface area (Å²) in [5.74, 6) is -0.363. The van der Waals surface area contributed by atoms with Gasteiger partial charge in [-0.15, -0.1) is 0 Å².